The van der Waals surface area contributed by atoms with Gasteiger partial charge in [-0.25, -0.2) is 4.79 Å². The Balaban J connectivity index is 1.42. The van der Waals surface area contributed by atoms with Gasteiger partial charge in [0.25, 0.3) is 0 Å². The van der Waals surface area contributed by atoms with Crippen LogP contribution in [0.4, 0.5) is 0 Å². The summed E-state index contributed by atoms with van der Waals surface area (Å²) in [7, 11) is -1.27. The molecule has 1 aromatic carbocycles. The molecule has 0 bridgehead atoms. The topological polar surface area (TPSA) is 89.5 Å². The number of carbonyl (C=O) groups is 2. The molecule has 0 N–H and O–H groups in total. The first-order valence-electron chi connectivity index (χ1n) is 14.3. The average molecular weight is 577 g/mol. The number of ether oxygens (including phenoxy) is 6. The van der Waals surface area contributed by atoms with E-state index in [9.17, 15) is 9.59 Å². The molecule has 4 rings (SSSR count). The van der Waals surface area contributed by atoms with Crippen LogP contribution in [0.15, 0.2) is 24.3 Å². The predicted molar refractivity (Wildman–Crippen MR) is 153 cm³/mol. The van der Waals surface area contributed by atoms with Crippen LogP contribution in [0.3, 0.4) is 0 Å². The second-order valence-corrected chi connectivity index (χ2v) is 20.8. The summed E-state index contributed by atoms with van der Waals surface area (Å²) in [6.45, 7) is 23.4. The van der Waals surface area contributed by atoms with Gasteiger partial charge in [-0.1, -0.05) is 85.4 Å². The smallest absolute Gasteiger partial charge is 0.350 e. The van der Waals surface area contributed by atoms with Gasteiger partial charge in [-0.05, 0) is 36.7 Å². The highest BCUT2D eigenvalue weighted by Gasteiger charge is 2.66. The molecule has 3 fully saturated rings. The van der Waals surface area contributed by atoms with Gasteiger partial charge in [-0.2, -0.15) is 0 Å². The van der Waals surface area contributed by atoms with Crippen molar-refractivity contribution in [2.45, 2.75) is 125 Å². The van der Waals surface area contributed by atoms with Crippen molar-refractivity contribution in [2.24, 2.45) is 16.2 Å². The number of carbonyl (C=O) groups excluding carboxylic acids is 2. The molecule has 0 radical (unpaired) electrons. The zero-order valence-electron chi connectivity index (χ0n) is 26.1. The van der Waals surface area contributed by atoms with E-state index in [-0.39, 0.29) is 5.41 Å². The number of benzene rings is 1. The number of esters is 2. The van der Waals surface area contributed by atoms with Crippen molar-refractivity contribution in [3.05, 3.63) is 35.4 Å². The van der Waals surface area contributed by atoms with Gasteiger partial charge in [0.05, 0.1) is 20.1 Å². The van der Waals surface area contributed by atoms with Crippen molar-refractivity contribution < 1.29 is 38.0 Å². The van der Waals surface area contributed by atoms with E-state index in [1.807, 2.05) is 58.9 Å². The summed E-state index contributed by atoms with van der Waals surface area (Å²) in [6, 6.07) is 7.92. The Kier molecular flexibility index (Phi) is 8.17. The summed E-state index contributed by atoms with van der Waals surface area (Å²) < 4.78 is 36.1. The normalized spacial score (nSPS) is 31.9. The van der Waals surface area contributed by atoms with Crippen molar-refractivity contribution in [3.63, 3.8) is 0 Å². The van der Waals surface area contributed by atoms with Crippen LogP contribution in [0.2, 0.25) is 19.6 Å². The van der Waals surface area contributed by atoms with Crippen LogP contribution < -0.4 is 0 Å². The molecule has 224 valence electrons. The number of fused-ring (bicyclic) bond motifs is 3. The Hall–Kier alpha value is -1.78. The number of hydrogen-bond acceptors (Lipinski definition) is 8. The van der Waals surface area contributed by atoms with Crippen molar-refractivity contribution in [3.8, 4) is 0 Å². The van der Waals surface area contributed by atoms with Gasteiger partial charge in [-0.15, -0.1) is 0 Å². The summed E-state index contributed by atoms with van der Waals surface area (Å²) in [5.74, 6) is -2.12. The van der Waals surface area contributed by atoms with Gasteiger partial charge in [-0.3, -0.25) is 4.79 Å². The molecule has 1 aromatic rings. The molecule has 7 unspecified atom stereocenters. The largest absolute Gasteiger partial charge is 0.454 e. The molecule has 0 spiro atoms. The molecule has 0 amide bonds. The fourth-order valence-corrected chi connectivity index (χ4v) is 6.39. The first-order chi connectivity index (χ1) is 18.2. The quantitative estimate of drug-likeness (QED) is 0.287. The highest BCUT2D eigenvalue weighted by molar-refractivity contribution is 6.76. The lowest BCUT2D eigenvalue weighted by Crippen LogP contribution is -2.47. The van der Waals surface area contributed by atoms with Crippen molar-refractivity contribution in [1.29, 1.82) is 0 Å². The fraction of sp³-hybridized carbons (Fsp3) is 0.742. The molecule has 3 aliphatic heterocycles. The summed E-state index contributed by atoms with van der Waals surface area (Å²) in [5, 5.41) is 0. The van der Waals surface area contributed by atoms with Crippen molar-refractivity contribution in [1.82, 2.24) is 0 Å². The third-order valence-corrected chi connectivity index (χ3v) is 9.27. The third kappa shape index (κ3) is 6.33. The van der Waals surface area contributed by atoms with E-state index in [1.165, 1.54) is 0 Å². The zero-order valence-corrected chi connectivity index (χ0v) is 27.1. The highest BCUT2D eigenvalue weighted by atomic mass is 28.3. The highest BCUT2D eigenvalue weighted by Crippen LogP contribution is 2.50. The Labute approximate surface area is 240 Å². The standard InChI is InChI=1S/C31H48O8Si/c1-28(2,3)17-30(7,29(4,5)6)27(33)37-23-21-22(35-25(23)32)24-26(36-21)39-31(8,38-24)20-14-12-19(13-15-20)16-34-18-40(9,10)11/h12-15,21-24,26H,16-18H2,1-11H3. The average Bonchev–Trinajstić information content (AvgIpc) is 3.39. The number of hydrogen-bond donors (Lipinski definition) is 0. The summed E-state index contributed by atoms with van der Waals surface area (Å²) in [4.78, 5) is 26.5. The van der Waals surface area contributed by atoms with E-state index in [4.69, 9.17) is 28.4 Å². The van der Waals surface area contributed by atoms with Gasteiger partial charge in [0, 0.05) is 11.8 Å². The molecule has 3 heterocycles. The second-order valence-electron chi connectivity index (χ2n) is 15.4. The Bertz CT molecular complexity index is 1100. The summed E-state index contributed by atoms with van der Waals surface area (Å²) in [5.41, 5.74) is 0.562. The molecule has 0 aliphatic carbocycles. The van der Waals surface area contributed by atoms with Crippen LogP contribution in [-0.4, -0.2) is 56.9 Å². The molecule has 9 heteroatoms. The Morgan fingerprint density at radius 2 is 1.57 bits per heavy atom. The van der Waals surface area contributed by atoms with Crippen molar-refractivity contribution in [2.75, 3.05) is 6.23 Å². The van der Waals surface area contributed by atoms with E-state index >= 15 is 0 Å². The SMILES string of the molecule is CC(C)(C)CC(C)(C(=O)OC1C(=O)OC2C3OC(C)(c4ccc(COC[Si](C)(C)C)cc4)OC3OC12)C(C)(C)C. The van der Waals surface area contributed by atoms with Crippen LogP contribution in [0.5, 0.6) is 0 Å². The lowest BCUT2D eigenvalue weighted by Gasteiger charge is -2.43. The second kappa shape index (κ2) is 10.5. The molecule has 0 aromatic heterocycles. The fourth-order valence-electron chi connectivity index (χ4n) is 5.67. The zero-order chi connectivity index (χ0) is 29.9. The van der Waals surface area contributed by atoms with Crippen LogP contribution in [-0.2, 0) is 50.4 Å². The molecule has 0 saturated carbocycles. The molecule has 3 saturated heterocycles. The first-order valence-corrected chi connectivity index (χ1v) is 18.0. The van der Waals surface area contributed by atoms with Gasteiger partial charge >= 0.3 is 11.9 Å². The van der Waals surface area contributed by atoms with Crippen LogP contribution in [0.1, 0.15) is 72.9 Å². The van der Waals surface area contributed by atoms with Crippen molar-refractivity contribution >= 4 is 20.0 Å². The lowest BCUT2D eigenvalue weighted by molar-refractivity contribution is -0.233. The minimum atomic E-state index is -1.27. The van der Waals surface area contributed by atoms with E-state index in [0.717, 1.165) is 17.4 Å². The first kappa shape index (κ1) is 31.2. The number of rotatable bonds is 8. The lowest BCUT2D eigenvalue weighted by atomic mass is 9.61. The predicted octanol–water partition coefficient (Wildman–Crippen LogP) is 5.72. The molecule has 7 atom stereocenters. The maximum absolute atomic E-state index is 13.6. The van der Waals surface area contributed by atoms with E-state index in [0.29, 0.717) is 13.0 Å². The molecule has 40 heavy (non-hydrogen) atoms. The summed E-state index contributed by atoms with van der Waals surface area (Å²) >= 11 is 0. The van der Waals surface area contributed by atoms with Gasteiger partial charge in [0.1, 0.15) is 6.10 Å². The maximum atomic E-state index is 13.6. The monoisotopic (exact) mass is 576 g/mol. The van der Waals surface area contributed by atoms with Crippen LogP contribution in [0.25, 0.3) is 0 Å². The Morgan fingerprint density at radius 1 is 0.950 bits per heavy atom. The molecule has 8 nitrogen and oxygen atoms in total. The van der Waals surface area contributed by atoms with E-state index in [2.05, 4.69) is 40.4 Å². The molecule has 3 aliphatic rings. The minimum absolute atomic E-state index is 0.119. The minimum Gasteiger partial charge on any atom is -0.454 e. The van der Waals surface area contributed by atoms with Gasteiger partial charge in [0.2, 0.25) is 6.10 Å². The maximum Gasteiger partial charge on any atom is 0.350 e. The van der Waals surface area contributed by atoms with E-state index in [1.54, 1.807) is 0 Å². The molecular formula is C31H48O8Si. The van der Waals surface area contributed by atoms with Gasteiger partial charge in [0.15, 0.2) is 24.3 Å². The summed E-state index contributed by atoms with van der Waals surface area (Å²) in [6.07, 6.45) is -2.67. The Morgan fingerprint density at radius 3 is 2.12 bits per heavy atom. The van der Waals surface area contributed by atoms with Gasteiger partial charge < -0.3 is 28.4 Å². The van der Waals surface area contributed by atoms with Crippen LogP contribution >= 0.6 is 0 Å². The molecular weight excluding hydrogens is 528 g/mol. The van der Waals surface area contributed by atoms with Crippen LogP contribution in [0, 0.1) is 16.2 Å². The third-order valence-electron chi connectivity index (χ3n) is 8.20. The van der Waals surface area contributed by atoms with E-state index < -0.39 is 67.3 Å².